The summed E-state index contributed by atoms with van der Waals surface area (Å²) in [6.07, 6.45) is 0. The summed E-state index contributed by atoms with van der Waals surface area (Å²) in [5.41, 5.74) is 10.3. The van der Waals surface area contributed by atoms with Gasteiger partial charge in [0.15, 0.2) is 0 Å². The Balaban J connectivity index is 2.57. The highest BCUT2D eigenvalue weighted by atomic mass is 127. The molecule has 1 heterocycles. The number of carbonyl (C=O) groups is 1. The standard InChI is InChI=1S/C10H6BrIN6O/c11-6-1-5(4-14-18-13)7-3-9(10(19)16-17-12)15-8(7)2-6/h1-3,15H,4H2. The SMILES string of the molecule is [N-]=[N+]=NCc1cc(Br)cc2[nH]c(C(=O)N=NI)cc12. The molecule has 1 aromatic carbocycles. The summed E-state index contributed by atoms with van der Waals surface area (Å²) in [7, 11) is 0. The van der Waals surface area contributed by atoms with Crippen molar-refractivity contribution in [2.75, 3.05) is 0 Å². The molecule has 96 valence electrons. The van der Waals surface area contributed by atoms with Gasteiger partial charge in [-0.25, -0.2) is 0 Å². The summed E-state index contributed by atoms with van der Waals surface area (Å²) in [5, 5.41) is 7.82. The number of rotatable bonds is 3. The Labute approximate surface area is 129 Å². The number of nitrogens with one attached hydrogen (secondary N) is 1. The van der Waals surface area contributed by atoms with Crippen LogP contribution < -0.4 is 0 Å². The van der Waals surface area contributed by atoms with Crippen molar-refractivity contribution in [3.8, 4) is 0 Å². The van der Waals surface area contributed by atoms with Crippen LogP contribution in [0.25, 0.3) is 21.3 Å². The largest absolute Gasteiger partial charge is 0.350 e. The molecular weight excluding hydrogens is 427 g/mol. The summed E-state index contributed by atoms with van der Waals surface area (Å²) in [4.78, 5) is 17.3. The van der Waals surface area contributed by atoms with E-state index in [1.165, 1.54) is 0 Å². The highest BCUT2D eigenvalue weighted by Gasteiger charge is 2.11. The molecule has 1 N–H and O–H groups in total. The average Bonchev–Trinajstić information content (AvgIpc) is 2.80. The van der Waals surface area contributed by atoms with Gasteiger partial charge in [-0.2, -0.15) is 0 Å². The molecule has 0 saturated heterocycles. The Morgan fingerprint density at radius 2 is 2.26 bits per heavy atom. The zero-order valence-corrected chi connectivity index (χ0v) is 13.1. The van der Waals surface area contributed by atoms with Crippen molar-refractivity contribution in [3.05, 3.63) is 44.4 Å². The monoisotopic (exact) mass is 432 g/mol. The molecule has 1 aromatic heterocycles. The van der Waals surface area contributed by atoms with Crippen LogP contribution in [0.15, 0.2) is 36.2 Å². The molecule has 7 nitrogen and oxygen atoms in total. The Bertz CT molecular complexity index is 718. The lowest BCUT2D eigenvalue weighted by molar-refractivity contribution is 0.0992. The third-order valence-corrected chi connectivity index (χ3v) is 3.13. The van der Waals surface area contributed by atoms with Crippen LogP contribution in [-0.2, 0) is 6.54 Å². The quantitative estimate of drug-likeness (QED) is 0.323. The van der Waals surface area contributed by atoms with Crippen LogP contribution in [0.2, 0.25) is 0 Å². The van der Waals surface area contributed by atoms with E-state index in [2.05, 4.69) is 39.4 Å². The molecule has 0 saturated carbocycles. The van der Waals surface area contributed by atoms with Crippen molar-refractivity contribution < 1.29 is 4.79 Å². The number of nitrogens with zero attached hydrogens (tertiary/aromatic N) is 5. The van der Waals surface area contributed by atoms with Crippen LogP contribution in [-0.4, -0.2) is 10.9 Å². The molecule has 0 atom stereocenters. The number of H-pyrrole nitrogens is 1. The van der Waals surface area contributed by atoms with Crippen molar-refractivity contribution in [2.24, 2.45) is 13.6 Å². The molecule has 19 heavy (non-hydrogen) atoms. The molecule has 0 aliphatic rings. The Morgan fingerprint density at radius 3 is 2.95 bits per heavy atom. The fourth-order valence-electron chi connectivity index (χ4n) is 1.72. The van der Waals surface area contributed by atoms with Crippen molar-refractivity contribution in [1.29, 1.82) is 0 Å². The number of azide groups is 1. The van der Waals surface area contributed by atoms with E-state index in [1.54, 1.807) is 28.9 Å². The second-order valence-corrected chi connectivity index (χ2v) is 4.93. The lowest BCUT2D eigenvalue weighted by Crippen LogP contribution is -1.92. The molecule has 0 aliphatic heterocycles. The number of amides is 1. The molecule has 9 heteroatoms. The first-order valence-electron chi connectivity index (χ1n) is 5.04. The van der Waals surface area contributed by atoms with Gasteiger partial charge >= 0.3 is 5.91 Å². The second kappa shape index (κ2) is 6.13. The van der Waals surface area contributed by atoms with Crippen molar-refractivity contribution in [1.82, 2.24) is 4.98 Å². The highest BCUT2D eigenvalue weighted by Crippen LogP contribution is 2.26. The maximum Gasteiger partial charge on any atom is 0.312 e. The maximum absolute atomic E-state index is 11.6. The Morgan fingerprint density at radius 1 is 1.47 bits per heavy atom. The molecule has 0 unspecified atom stereocenters. The summed E-state index contributed by atoms with van der Waals surface area (Å²) in [6.45, 7) is 0.214. The van der Waals surface area contributed by atoms with Crippen molar-refractivity contribution in [2.45, 2.75) is 6.54 Å². The summed E-state index contributed by atoms with van der Waals surface area (Å²) in [6, 6.07) is 5.36. The van der Waals surface area contributed by atoms with Gasteiger partial charge in [0, 0.05) is 20.3 Å². The average molecular weight is 433 g/mol. The van der Waals surface area contributed by atoms with E-state index < -0.39 is 5.91 Å². The molecule has 0 bridgehead atoms. The van der Waals surface area contributed by atoms with Crippen molar-refractivity contribution >= 4 is 55.6 Å². The Kier molecular flexibility index (Phi) is 4.51. The van der Waals surface area contributed by atoms with Crippen LogP contribution >= 0.6 is 38.8 Å². The van der Waals surface area contributed by atoms with Crippen LogP contribution in [0.1, 0.15) is 16.1 Å². The number of benzene rings is 1. The smallest absolute Gasteiger partial charge is 0.312 e. The van der Waals surface area contributed by atoms with Crippen LogP contribution in [0.4, 0.5) is 0 Å². The van der Waals surface area contributed by atoms with Gasteiger partial charge in [-0.1, -0.05) is 26.2 Å². The predicted molar refractivity (Wildman–Crippen MR) is 82.1 cm³/mol. The van der Waals surface area contributed by atoms with E-state index in [-0.39, 0.29) is 6.54 Å². The molecule has 0 spiro atoms. The van der Waals surface area contributed by atoms with Crippen LogP contribution in [0.3, 0.4) is 0 Å². The number of carbonyl (C=O) groups excluding carboxylic acids is 1. The first-order chi connectivity index (χ1) is 9.15. The van der Waals surface area contributed by atoms with Gasteiger partial charge < -0.3 is 4.98 Å². The molecule has 0 aliphatic carbocycles. The minimum atomic E-state index is -0.448. The van der Waals surface area contributed by atoms with E-state index in [4.69, 9.17) is 5.53 Å². The lowest BCUT2D eigenvalue weighted by Gasteiger charge is -2.00. The molecule has 1 amide bonds. The van der Waals surface area contributed by atoms with Gasteiger partial charge in [0.05, 0.1) is 6.54 Å². The lowest BCUT2D eigenvalue weighted by atomic mass is 10.1. The number of halogens is 2. The fraction of sp³-hybridized carbons (Fsp3) is 0.100. The highest BCUT2D eigenvalue weighted by molar-refractivity contribution is 14.1. The third kappa shape index (κ3) is 3.11. The second-order valence-electron chi connectivity index (χ2n) is 3.58. The zero-order chi connectivity index (χ0) is 13.8. The maximum atomic E-state index is 11.6. The topological polar surface area (TPSA) is 106 Å². The molecule has 2 aromatic rings. The first kappa shape index (κ1) is 14.0. The summed E-state index contributed by atoms with van der Waals surface area (Å²) >= 11 is 5.01. The van der Waals surface area contributed by atoms with E-state index >= 15 is 0 Å². The number of aromatic amines is 1. The van der Waals surface area contributed by atoms with Crippen molar-refractivity contribution in [3.63, 3.8) is 0 Å². The molecule has 0 radical (unpaired) electrons. The molecular formula is C10H6BrIN6O. The number of hydrogen-bond donors (Lipinski definition) is 1. The van der Waals surface area contributed by atoms with E-state index in [0.717, 1.165) is 20.9 Å². The van der Waals surface area contributed by atoms with Crippen LogP contribution in [0, 0.1) is 0 Å². The van der Waals surface area contributed by atoms with Gasteiger partial charge in [0.1, 0.15) is 28.6 Å². The third-order valence-electron chi connectivity index (χ3n) is 2.45. The summed E-state index contributed by atoms with van der Waals surface area (Å²) < 4.78 is 4.25. The van der Waals surface area contributed by atoms with E-state index in [0.29, 0.717) is 5.69 Å². The van der Waals surface area contributed by atoms with Gasteiger partial charge in [-0.15, -0.1) is 3.33 Å². The number of aromatic nitrogens is 1. The Hall–Kier alpha value is -1.45. The molecule has 0 fully saturated rings. The normalized spacial score (nSPS) is 10.8. The molecule has 2 rings (SSSR count). The minimum Gasteiger partial charge on any atom is -0.350 e. The first-order valence-corrected chi connectivity index (χ1v) is 6.80. The predicted octanol–water partition coefficient (Wildman–Crippen LogP) is 4.68. The number of fused-ring (bicyclic) bond motifs is 1. The number of hydrogen-bond acceptors (Lipinski definition) is 3. The van der Waals surface area contributed by atoms with Gasteiger partial charge in [-0.3, -0.25) is 4.79 Å². The summed E-state index contributed by atoms with van der Waals surface area (Å²) in [5.74, 6) is -0.448. The fourth-order valence-corrected chi connectivity index (χ4v) is 2.42. The van der Waals surface area contributed by atoms with E-state index in [9.17, 15) is 4.79 Å². The van der Waals surface area contributed by atoms with Gasteiger partial charge in [-0.05, 0) is 29.3 Å². The van der Waals surface area contributed by atoms with Gasteiger partial charge in [0.25, 0.3) is 0 Å². The van der Waals surface area contributed by atoms with Gasteiger partial charge in [0.2, 0.25) is 0 Å². The minimum absolute atomic E-state index is 0.214. The van der Waals surface area contributed by atoms with E-state index in [1.807, 2.05) is 12.1 Å². The zero-order valence-electron chi connectivity index (χ0n) is 9.34. The van der Waals surface area contributed by atoms with Crippen LogP contribution in [0.5, 0.6) is 0 Å².